The van der Waals surface area contributed by atoms with Gasteiger partial charge in [0, 0.05) is 5.92 Å². The van der Waals surface area contributed by atoms with Gasteiger partial charge in [-0.3, -0.25) is 4.79 Å². The highest BCUT2D eigenvalue weighted by atomic mass is 16.8. The molecule has 8 atom stereocenters. The number of aliphatic hydroxyl groups is 1. The van der Waals surface area contributed by atoms with Gasteiger partial charge in [0.1, 0.15) is 11.7 Å². The number of ether oxygens (including phenoxy) is 3. The van der Waals surface area contributed by atoms with Gasteiger partial charge in [-0.25, -0.2) is 0 Å². The van der Waals surface area contributed by atoms with Crippen molar-refractivity contribution in [2.45, 2.75) is 63.8 Å². The minimum atomic E-state index is -1.06. The summed E-state index contributed by atoms with van der Waals surface area (Å²) in [5.41, 5.74) is -1.06. The summed E-state index contributed by atoms with van der Waals surface area (Å²) in [4.78, 5) is 12.1. The van der Waals surface area contributed by atoms with E-state index in [4.69, 9.17) is 14.2 Å². The molecule has 3 saturated heterocycles. The van der Waals surface area contributed by atoms with Gasteiger partial charge in [-0.05, 0) is 38.0 Å². The number of rotatable bonds is 0. The maximum atomic E-state index is 12.1. The van der Waals surface area contributed by atoms with Crippen LogP contribution in [0, 0.1) is 23.7 Å². The Kier molecular flexibility index (Phi) is 2.45. The Bertz CT molecular complexity index is 465. The van der Waals surface area contributed by atoms with Gasteiger partial charge in [0.15, 0.2) is 5.79 Å². The van der Waals surface area contributed by atoms with Crippen LogP contribution in [0.25, 0.3) is 0 Å². The number of epoxide rings is 1. The van der Waals surface area contributed by atoms with Crippen LogP contribution in [0.15, 0.2) is 0 Å². The molecule has 112 valence electrons. The summed E-state index contributed by atoms with van der Waals surface area (Å²) in [7, 11) is 0. The molecule has 3 heterocycles. The van der Waals surface area contributed by atoms with Crippen LogP contribution >= 0.6 is 0 Å². The zero-order valence-electron chi connectivity index (χ0n) is 12.2. The summed E-state index contributed by atoms with van der Waals surface area (Å²) in [5, 5.41) is 11.4. The van der Waals surface area contributed by atoms with Gasteiger partial charge in [0.25, 0.3) is 0 Å². The van der Waals surface area contributed by atoms with Gasteiger partial charge in [0.05, 0.1) is 5.92 Å². The smallest absolute Gasteiger partial charge is 0.311 e. The number of esters is 1. The molecule has 3 aliphatic heterocycles. The van der Waals surface area contributed by atoms with Gasteiger partial charge in [-0.15, -0.1) is 0 Å². The summed E-state index contributed by atoms with van der Waals surface area (Å²) >= 11 is 0. The lowest BCUT2D eigenvalue weighted by Crippen LogP contribution is -2.66. The predicted octanol–water partition coefficient (Wildman–Crippen LogP) is 1.43. The lowest BCUT2D eigenvalue weighted by atomic mass is 9.58. The maximum absolute atomic E-state index is 12.1. The van der Waals surface area contributed by atoms with E-state index in [1.54, 1.807) is 0 Å². The number of fused-ring (bicyclic) bond motifs is 1. The second kappa shape index (κ2) is 3.76. The van der Waals surface area contributed by atoms with Crippen molar-refractivity contribution in [1.82, 2.24) is 0 Å². The normalized spacial score (nSPS) is 60.9. The van der Waals surface area contributed by atoms with Crippen LogP contribution in [0.5, 0.6) is 0 Å². The Morgan fingerprint density at radius 1 is 1.20 bits per heavy atom. The first-order chi connectivity index (χ1) is 9.36. The largest absolute Gasteiger partial charge is 0.432 e. The molecular weight excluding hydrogens is 260 g/mol. The minimum absolute atomic E-state index is 0.0114. The third-order valence-electron chi connectivity index (χ3n) is 6.10. The first-order valence-corrected chi connectivity index (χ1v) is 7.64. The molecule has 0 unspecified atom stereocenters. The van der Waals surface area contributed by atoms with Crippen LogP contribution < -0.4 is 0 Å². The van der Waals surface area contributed by atoms with Crippen molar-refractivity contribution in [3.05, 3.63) is 0 Å². The van der Waals surface area contributed by atoms with E-state index >= 15 is 0 Å². The first kappa shape index (κ1) is 13.0. The van der Waals surface area contributed by atoms with E-state index in [2.05, 4.69) is 6.92 Å². The van der Waals surface area contributed by atoms with Crippen molar-refractivity contribution in [3.63, 3.8) is 0 Å². The molecule has 4 fully saturated rings. The zero-order chi connectivity index (χ0) is 14.3. The standard InChI is InChI=1S/C15H22O5/c1-7-4-5-9-8(2)12(16)18-13-15(9,17)10(7)6-11-14(3,19-11)20-13/h7-11,13,17H,4-6H2,1-3H3/t7-,8+,9-,10-,11+,13+,14-,15-/m0/s1. The monoisotopic (exact) mass is 282 g/mol. The van der Waals surface area contributed by atoms with E-state index in [-0.39, 0.29) is 29.8 Å². The van der Waals surface area contributed by atoms with E-state index in [0.29, 0.717) is 5.92 Å². The second-order valence-corrected chi connectivity index (χ2v) is 7.19. The summed E-state index contributed by atoms with van der Waals surface area (Å²) < 4.78 is 16.9. The molecule has 0 aromatic rings. The molecule has 0 aromatic heterocycles. The van der Waals surface area contributed by atoms with Crippen molar-refractivity contribution < 1.29 is 24.1 Å². The highest BCUT2D eigenvalue weighted by molar-refractivity contribution is 5.74. The summed E-state index contributed by atoms with van der Waals surface area (Å²) in [6.45, 7) is 5.89. The molecule has 20 heavy (non-hydrogen) atoms. The number of carbonyl (C=O) groups excluding carboxylic acids is 1. The Morgan fingerprint density at radius 2 is 1.95 bits per heavy atom. The van der Waals surface area contributed by atoms with Crippen LogP contribution in [-0.4, -0.2) is 34.9 Å². The van der Waals surface area contributed by atoms with Crippen molar-refractivity contribution >= 4 is 5.97 Å². The fourth-order valence-corrected chi connectivity index (χ4v) is 4.67. The van der Waals surface area contributed by atoms with Crippen LogP contribution in [-0.2, 0) is 19.0 Å². The summed E-state index contributed by atoms with van der Waals surface area (Å²) in [6, 6.07) is 0. The van der Waals surface area contributed by atoms with Crippen LogP contribution in [0.2, 0.25) is 0 Å². The second-order valence-electron chi connectivity index (χ2n) is 7.19. The molecule has 1 aliphatic carbocycles. The van der Waals surface area contributed by atoms with Gasteiger partial charge < -0.3 is 19.3 Å². The lowest BCUT2D eigenvalue weighted by Gasteiger charge is -2.54. The average Bonchev–Trinajstić information content (AvgIpc) is 3.02. The minimum Gasteiger partial charge on any atom is -0.432 e. The molecule has 4 rings (SSSR count). The number of hydrogen-bond donors (Lipinski definition) is 1. The van der Waals surface area contributed by atoms with E-state index in [9.17, 15) is 9.90 Å². The topological polar surface area (TPSA) is 68.3 Å². The van der Waals surface area contributed by atoms with Gasteiger partial charge in [-0.2, -0.15) is 0 Å². The molecule has 0 radical (unpaired) electrons. The molecule has 5 heteroatoms. The van der Waals surface area contributed by atoms with Gasteiger partial charge in [0.2, 0.25) is 6.29 Å². The van der Waals surface area contributed by atoms with Gasteiger partial charge in [-0.1, -0.05) is 13.8 Å². The SMILES string of the molecule is C[C@H]1CC[C@H]2[C@@H](C)C(=O)O[C@@H]3O[C@]4(C)O[C@@H]4C[C@@H]1[C@]32O. The fourth-order valence-electron chi connectivity index (χ4n) is 4.67. The highest BCUT2D eigenvalue weighted by Crippen LogP contribution is 2.58. The molecule has 1 saturated carbocycles. The van der Waals surface area contributed by atoms with Crippen molar-refractivity contribution in [1.29, 1.82) is 0 Å². The Balaban J connectivity index is 1.79. The number of hydrogen-bond acceptors (Lipinski definition) is 5. The third kappa shape index (κ3) is 1.46. The Labute approximate surface area is 118 Å². The van der Waals surface area contributed by atoms with Crippen LogP contribution in [0.1, 0.15) is 40.0 Å². The van der Waals surface area contributed by atoms with E-state index < -0.39 is 17.7 Å². The lowest BCUT2D eigenvalue weighted by molar-refractivity contribution is -0.323. The average molecular weight is 282 g/mol. The molecule has 0 amide bonds. The molecule has 0 aromatic carbocycles. The van der Waals surface area contributed by atoms with E-state index in [0.717, 1.165) is 19.3 Å². The quantitative estimate of drug-likeness (QED) is 0.538. The summed E-state index contributed by atoms with van der Waals surface area (Å²) in [5.74, 6) is -0.841. The fraction of sp³-hybridized carbons (Fsp3) is 0.933. The Morgan fingerprint density at radius 3 is 2.70 bits per heavy atom. The third-order valence-corrected chi connectivity index (χ3v) is 6.10. The molecule has 0 spiro atoms. The van der Waals surface area contributed by atoms with Crippen molar-refractivity contribution in [2.24, 2.45) is 23.7 Å². The Hall–Kier alpha value is -0.650. The molecule has 5 nitrogen and oxygen atoms in total. The van der Waals surface area contributed by atoms with Crippen LogP contribution in [0.3, 0.4) is 0 Å². The number of carbonyl (C=O) groups is 1. The van der Waals surface area contributed by atoms with E-state index in [1.807, 2.05) is 13.8 Å². The molecule has 0 bridgehead atoms. The van der Waals surface area contributed by atoms with Crippen molar-refractivity contribution in [2.75, 3.05) is 0 Å². The highest BCUT2D eigenvalue weighted by Gasteiger charge is 2.70. The molecule has 4 aliphatic rings. The molecule has 1 N–H and O–H groups in total. The van der Waals surface area contributed by atoms with Crippen molar-refractivity contribution in [3.8, 4) is 0 Å². The molecular formula is C15H22O5. The van der Waals surface area contributed by atoms with Crippen LogP contribution in [0.4, 0.5) is 0 Å². The van der Waals surface area contributed by atoms with Gasteiger partial charge >= 0.3 is 5.97 Å². The van der Waals surface area contributed by atoms with E-state index in [1.165, 1.54) is 0 Å². The zero-order valence-corrected chi connectivity index (χ0v) is 12.2. The maximum Gasteiger partial charge on any atom is 0.311 e. The summed E-state index contributed by atoms with van der Waals surface area (Å²) in [6.07, 6.45) is 1.79. The first-order valence-electron chi connectivity index (χ1n) is 7.64. The predicted molar refractivity (Wildman–Crippen MR) is 68.4 cm³/mol.